The smallest absolute Gasteiger partial charge is 0.119 e. The summed E-state index contributed by atoms with van der Waals surface area (Å²) in [4.78, 5) is 2.31. The molecule has 1 aromatic carbocycles. The molecule has 1 heterocycles. The number of rotatable bonds is 4. The average molecular weight is 249 g/mol. The van der Waals surface area contributed by atoms with Gasteiger partial charge in [-0.15, -0.1) is 0 Å². The highest BCUT2D eigenvalue weighted by atomic mass is 16.5. The minimum atomic E-state index is -0.151. The first kappa shape index (κ1) is 13.4. The zero-order valence-electron chi connectivity index (χ0n) is 11.3. The highest BCUT2D eigenvalue weighted by Crippen LogP contribution is 2.17. The lowest BCUT2D eigenvalue weighted by Gasteiger charge is -2.30. The second-order valence-corrected chi connectivity index (χ2v) is 5.34. The minimum Gasteiger partial charge on any atom is -0.491 e. The minimum absolute atomic E-state index is 0.151. The van der Waals surface area contributed by atoms with Crippen LogP contribution in [0.2, 0.25) is 0 Å². The first-order valence-corrected chi connectivity index (χ1v) is 6.79. The maximum absolute atomic E-state index is 9.64. The standard InChI is InChI=1S/C15H23NO2/c1-12(2)18-15-7-5-13(6-8-15)10-16-9-3-4-14(17)11-16/h5-8,12,14,17H,3-4,9-11H2,1-2H3. The van der Waals surface area contributed by atoms with Crippen LogP contribution in [0.1, 0.15) is 32.3 Å². The van der Waals surface area contributed by atoms with Crippen LogP contribution in [0.3, 0.4) is 0 Å². The molecule has 0 aliphatic carbocycles. The number of likely N-dealkylation sites (tertiary alicyclic amines) is 1. The van der Waals surface area contributed by atoms with Crippen molar-refractivity contribution in [2.45, 2.75) is 45.4 Å². The quantitative estimate of drug-likeness (QED) is 0.889. The third-order valence-electron chi connectivity index (χ3n) is 3.18. The van der Waals surface area contributed by atoms with Crippen molar-refractivity contribution in [2.24, 2.45) is 0 Å². The number of aliphatic hydroxyl groups is 1. The van der Waals surface area contributed by atoms with Gasteiger partial charge >= 0.3 is 0 Å². The van der Waals surface area contributed by atoms with Crippen LogP contribution in [0.5, 0.6) is 5.75 Å². The van der Waals surface area contributed by atoms with E-state index in [0.717, 1.165) is 38.2 Å². The molecule has 0 saturated carbocycles. The second kappa shape index (κ2) is 6.21. The van der Waals surface area contributed by atoms with Crippen LogP contribution < -0.4 is 4.74 Å². The first-order valence-electron chi connectivity index (χ1n) is 6.79. The van der Waals surface area contributed by atoms with Crippen molar-refractivity contribution < 1.29 is 9.84 Å². The molecular formula is C15H23NO2. The Kier molecular flexibility index (Phi) is 4.61. The van der Waals surface area contributed by atoms with Gasteiger partial charge < -0.3 is 9.84 Å². The molecule has 1 fully saturated rings. The van der Waals surface area contributed by atoms with E-state index in [9.17, 15) is 5.11 Å². The lowest BCUT2D eigenvalue weighted by atomic mass is 10.1. The highest BCUT2D eigenvalue weighted by molar-refractivity contribution is 5.27. The van der Waals surface area contributed by atoms with Crippen molar-refractivity contribution in [3.63, 3.8) is 0 Å². The second-order valence-electron chi connectivity index (χ2n) is 5.34. The Labute approximate surface area is 109 Å². The molecule has 1 aromatic rings. The first-order chi connectivity index (χ1) is 8.63. The molecule has 1 N–H and O–H groups in total. The summed E-state index contributed by atoms with van der Waals surface area (Å²) in [5.74, 6) is 0.924. The van der Waals surface area contributed by atoms with E-state index in [1.54, 1.807) is 0 Å². The Hall–Kier alpha value is -1.06. The Morgan fingerprint density at radius 2 is 2.06 bits per heavy atom. The lowest BCUT2D eigenvalue weighted by Crippen LogP contribution is -2.37. The van der Waals surface area contributed by atoms with Crippen LogP contribution in [0.15, 0.2) is 24.3 Å². The summed E-state index contributed by atoms with van der Waals surface area (Å²) in [7, 11) is 0. The Morgan fingerprint density at radius 1 is 1.33 bits per heavy atom. The van der Waals surface area contributed by atoms with Gasteiger partial charge in [0.15, 0.2) is 0 Å². The van der Waals surface area contributed by atoms with Gasteiger partial charge in [-0.3, -0.25) is 4.90 Å². The van der Waals surface area contributed by atoms with E-state index in [1.165, 1.54) is 5.56 Å². The maximum Gasteiger partial charge on any atom is 0.119 e. The summed E-state index contributed by atoms with van der Waals surface area (Å²) in [5.41, 5.74) is 1.28. The molecule has 0 amide bonds. The number of hydrogen-bond donors (Lipinski definition) is 1. The van der Waals surface area contributed by atoms with Crippen molar-refractivity contribution >= 4 is 0 Å². The van der Waals surface area contributed by atoms with E-state index in [-0.39, 0.29) is 12.2 Å². The molecule has 18 heavy (non-hydrogen) atoms. The molecule has 3 nitrogen and oxygen atoms in total. The molecule has 100 valence electrons. The molecule has 2 rings (SSSR count). The van der Waals surface area contributed by atoms with E-state index < -0.39 is 0 Å². The third kappa shape index (κ3) is 4.00. The third-order valence-corrected chi connectivity index (χ3v) is 3.18. The van der Waals surface area contributed by atoms with E-state index >= 15 is 0 Å². The van der Waals surface area contributed by atoms with Crippen LogP contribution in [0.25, 0.3) is 0 Å². The fraction of sp³-hybridized carbons (Fsp3) is 0.600. The van der Waals surface area contributed by atoms with E-state index in [4.69, 9.17) is 4.74 Å². The van der Waals surface area contributed by atoms with E-state index in [2.05, 4.69) is 17.0 Å². The summed E-state index contributed by atoms with van der Waals surface area (Å²) >= 11 is 0. The molecule has 1 saturated heterocycles. The van der Waals surface area contributed by atoms with Gasteiger partial charge in [0, 0.05) is 13.1 Å². The lowest BCUT2D eigenvalue weighted by molar-refractivity contribution is 0.0668. The molecule has 1 aliphatic rings. The summed E-state index contributed by atoms with van der Waals surface area (Å²) in [6.45, 7) is 6.86. The largest absolute Gasteiger partial charge is 0.491 e. The van der Waals surface area contributed by atoms with Crippen molar-refractivity contribution in [1.29, 1.82) is 0 Å². The Morgan fingerprint density at radius 3 is 2.67 bits per heavy atom. The number of ether oxygens (including phenoxy) is 1. The topological polar surface area (TPSA) is 32.7 Å². The molecule has 0 radical (unpaired) electrons. The average Bonchev–Trinajstić information content (AvgIpc) is 2.31. The molecule has 1 unspecified atom stereocenters. The van der Waals surface area contributed by atoms with Gasteiger partial charge in [0.1, 0.15) is 5.75 Å². The van der Waals surface area contributed by atoms with Crippen molar-refractivity contribution in [2.75, 3.05) is 13.1 Å². The summed E-state index contributed by atoms with van der Waals surface area (Å²) in [6, 6.07) is 8.27. The summed E-state index contributed by atoms with van der Waals surface area (Å²) in [5, 5.41) is 9.64. The normalized spacial score (nSPS) is 21.2. The zero-order chi connectivity index (χ0) is 13.0. The van der Waals surface area contributed by atoms with Crippen molar-refractivity contribution in [3.05, 3.63) is 29.8 Å². The summed E-state index contributed by atoms with van der Waals surface area (Å²) in [6.07, 6.45) is 2.10. The molecule has 1 aliphatic heterocycles. The fourth-order valence-corrected chi connectivity index (χ4v) is 2.38. The number of piperidine rings is 1. The summed E-state index contributed by atoms with van der Waals surface area (Å²) < 4.78 is 5.62. The van der Waals surface area contributed by atoms with Crippen LogP contribution in [-0.2, 0) is 6.54 Å². The van der Waals surface area contributed by atoms with Crippen LogP contribution >= 0.6 is 0 Å². The number of aliphatic hydroxyl groups excluding tert-OH is 1. The van der Waals surface area contributed by atoms with Gasteiger partial charge in [0.2, 0.25) is 0 Å². The van der Waals surface area contributed by atoms with E-state index in [0.29, 0.717) is 0 Å². The van der Waals surface area contributed by atoms with Gasteiger partial charge in [0.25, 0.3) is 0 Å². The molecule has 3 heteroatoms. The Balaban J connectivity index is 1.89. The van der Waals surface area contributed by atoms with Crippen molar-refractivity contribution in [3.8, 4) is 5.75 Å². The molecule has 0 bridgehead atoms. The molecule has 0 spiro atoms. The number of β-amino-alcohol motifs (C(OH)–C–C–N with tert-alkyl or cyclic N) is 1. The van der Waals surface area contributed by atoms with Crippen LogP contribution in [-0.4, -0.2) is 35.3 Å². The predicted octanol–water partition coefficient (Wildman–Crippen LogP) is 2.43. The SMILES string of the molecule is CC(C)Oc1ccc(CN2CCCC(O)C2)cc1. The van der Waals surface area contributed by atoms with Gasteiger partial charge in [-0.05, 0) is 50.9 Å². The van der Waals surface area contributed by atoms with Gasteiger partial charge in [-0.2, -0.15) is 0 Å². The molecular weight excluding hydrogens is 226 g/mol. The molecule has 0 aromatic heterocycles. The fourth-order valence-electron chi connectivity index (χ4n) is 2.38. The molecule has 1 atom stereocenters. The highest BCUT2D eigenvalue weighted by Gasteiger charge is 2.17. The number of benzene rings is 1. The van der Waals surface area contributed by atoms with Gasteiger partial charge in [0.05, 0.1) is 12.2 Å². The van der Waals surface area contributed by atoms with Crippen LogP contribution in [0, 0.1) is 0 Å². The van der Waals surface area contributed by atoms with Crippen LogP contribution in [0.4, 0.5) is 0 Å². The maximum atomic E-state index is 9.64. The van der Waals surface area contributed by atoms with E-state index in [1.807, 2.05) is 26.0 Å². The van der Waals surface area contributed by atoms with Gasteiger partial charge in [-0.25, -0.2) is 0 Å². The number of hydrogen-bond acceptors (Lipinski definition) is 3. The Bertz CT molecular complexity index is 361. The van der Waals surface area contributed by atoms with Gasteiger partial charge in [-0.1, -0.05) is 12.1 Å². The van der Waals surface area contributed by atoms with Crippen molar-refractivity contribution in [1.82, 2.24) is 4.90 Å². The zero-order valence-corrected chi connectivity index (χ0v) is 11.3. The predicted molar refractivity (Wildman–Crippen MR) is 72.7 cm³/mol. The number of nitrogens with zero attached hydrogens (tertiary/aromatic N) is 1. The monoisotopic (exact) mass is 249 g/mol.